The minimum Gasteiger partial charge on any atom is -0.294 e. The van der Waals surface area contributed by atoms with E-state index in [2.05, 4.69) is 12.1 Å². The molecule has 1 heteroatoms. The monoisotopic (exact) mass is 186 g/mol. The van der Waals surface area contributed by atoms with Crippen molar-refractivity contribution in [2.24, 2.45) is 5.92 Å². The predicted octanol–water partition coefficient (Wildman–Crippen LogP) is 3.16. The number of hydrogen-bond donors (Lipinski definition) is 0. The summed E-state index contributed by atoms with van der Waals surface area (Å²) >= 11 is 0. The van der Waals surface area contributed by atoms with E-state index in [1.165, 1.54) is 24.8 Å². The average Bonchev–Trinajstić information content (AvgIpc) is 2.66. The maximum atomic E-state index is 11.8. The SMILES string of the molecule is O=C1C[C@H]2CCC[C@H]2c2ccccc21. The van der Waals surface area contributed by atoms with Gasteiger partial charge in [0, 0.05) is 12.0 Å². The summed E-state index contributed by atoms with van der Waals surface area (Å²) < 4.78 is 0. The largest absolute Gasteiger partial charge is 0.294 e. The Balaban J connectivity index is 2.13. The quantitative estimate of drug-likeness (QED) is 0.608. The van der Waals surface area contributed by atoms with E-state index in [-0.39, 0.29) is 0 Å². The number of carbonyl (C=O) groups excluding carboxylic acids is 1. The highest BCUT2D eigenvalue weighted by Crippen LogP contribution is 2.46. The first kappa shape index (κ1) is 8.22. The van der Waals surface area contributed by atoms with Crippen molar-refractivity contribution < 1.29 is 4.79 Å². The maximum Gasteiger partial charge on any atom is 0.163 e. The highest BCUT2D eigenvalue weighted by molar-refractivity contribution is 5.99. The lowest BCUT2D eigenvalue weighted by Crippen LogP contribution is -2.21. The summed E-state index contributed by atoms with van der Waals surface area (Å²) in [5.74, 6) is 1.70. The Hall–Kier alpha value is -1.11. The van der Waals surface area contributed by atoms with Crippen molar-refractivity contribution >= 4 is 5.78 Å². The van der Waals surface area contributed by atoms with Crippen LogP contribution in [0.3, 0.4) is 0 Å². The number of ketones is 1. The molecule has 0 N–H and O–H groups in total. The fraction of sp³-hybridized carbons (Fsp3) is 0.462. The van der Waals surface area contributed by atoms with Crippen LogP contribution in [0.25, 0.3) is 0 Å². The third-order valence-electron chi connectivity index (χ3n) is 3.77. The minimum absolute atomic E-state index is 0.365. The van der Waals surface area contributed by atoms with Gasteiger partial charge >= 0.3 is 0 Å². The summed E-state index contributed by atoms with van der Waals surface area (Å²) in [5.41, 5.74) is 2.32. The summed E-state index contributed by atoms with van der Waals surface area (Å²) in [6.45, 7) is 0. The Labute approximate surface area is 84.1 Å². The van der Waals surface area contributed by atoms with E-state index >= 15 is 0 Å². The fourth-order valence-electron chi connectivity index (χ4n) is 3.11. The topological polar surface area (TPSA) is 17.1 Å². The number of carbonyl (C=O) groups is 1. The second kappa shape index (κ2) is 2.94. The molecule has 1 aromatic rings. The first-order valence-electron chi connectivity index (χ1n) is 5.48. The summed E-state index contributed by atoms with van der Waals surface area (Å²) in [6, 6.07) is 8.18. The van der Waals surface area contributed by atoms with Gasteiger partial charge in [-0.25, -0.2) is 0 Å². The number of Topliss-reactive ketones (excluding diaryl/α,β-unsaturated/α-hetero) is 1. The zero-order valence-electron chi connectivity index (χ0n) is 8.20. The van der Waals surface area contributed by atoms with E-state index in [0.29, 0.717) is 17.6 Å². The van der Waals surface area contributed by atoms with Gasteiger partial charge in [-0.3, -0.25) is 4.79 Å². The molecule has 1 saturated carbocycles. The maximum absolute atomic E-state index is 11.8. The van der Waals surface area contributed by atoms with E-state index in [0.717, 1.165) is 12.0 Å². The predicted molar refractivity (Wildman–Crippen MR) is 55.5 cm³/mol. The van der Waals surface area contributed by atoms with Crippen molar-refractivity contribution in [1.29, 1.82) is 0 Å². The van der Waals surface area contributed by atoms with Gasteiger partial charge in [0.2, 0.25) is 0 Å². The van der Waals surface area contributed by atoms with Crippen molar-refractivity contribution in [1.82, 2.24) is 0 Å². The Kier molecular flexibility index (Phi) is 1.73. The third kappa shape index (κ3) is 1.05. The standard InChI is InChI=1S/C13H14O/c14-13-8-9-4-3-7-10(9)11-5-1-2-6-12(11)13/h1-2,5-6,9-10H,3-4,7-8H2/t9-,10-/m1/s1. The first-order valence-corrected chi connectivity index (χ1v) is 5.48. The van der Waals surface area contributed by atoms with Crippen molar-refractivity contribution in [2.45, 2.75) is 31.6 Å². The molecule has 1 aromatic carbocycles. The van der Waals surface area contributed by atoms with Gasteiger partial charge in [0.25, 0.3) is 0 Å². The van der Waals surface area contributed by atoms with E-state index < -0.39 is 0 Å². The smallest absolute Gasteiger partial charge is 0.163 e. The Morgan fingerprint density at radius 1 is 1.14 bits per heavy atom. The molecule has 2 atom stereocenters. The lowest BCUT2D eigenvalue weighted by Gasteiger charge is -2.27. The summed E-state index contributed by atoms with van der Waals surface area (Å²) in [6.07, 6.45) is 4.64. The molecule has 0 spiro atoms. The molecule has 3 rings (SSSR count). The van der Waals surface area contributed by atoms with Gasteiger partial charge < -0.3 is 0 Å². The molecule has 0 unspecified atom stereocenters. The molecule has 0 aromatic heterocycles. The molecule has 14 heavy (non-hydrogen) atoms. The lowest BCUT2D eigenvalue weighted by molar-refractivity contribution is 0.0943. The summed E-state index contributed by atoms with van der Waals surface area (Å²) in [5, 5.41) is 0. The first-order chi connectivity index (χ1) is 6.86. The minimum atomic E-state index is 0.365. The normalized spacial score (nSPS) is 29.9. The van der Waals surface area contributed by atoms with Crippen LogP contribution < -0.4 is 0 Å². The molecule has 2 aliphatic carbocycles. The van der Waals surface area contributed by atoms with Crippen LogP contribution in [0, 0.1) is 5.92 Å². The average molecular weight is 186 g/mol. The van der Waals surface area contributed by atoms with Gasteiger partial charge in [-0.1, -0.05) is 30.7 Å². The fourth-order valence-corrected chi connectivity index (χ4v) is 3.11. The highest BCUT2D eigenvalue weighted by atomic mass is 16.1. The second-order valence-corrected chi connectivity index (χ2v) is 4.51. The second-order valence-electron chi connectivity index (χ2n) is 4.51. The van der Waals surface area contributed by atoms with Crippen LogP contribution in [0.2, 0.25) is 0 Å². The molecule has 0 radical (unpaired) electrons. The zero-order valence-corrected chi connectivity index (χ0v) is 8.20. The van der Waals surface area contributed by atoms with Gasteiger partial charge in [-0.05, 0) is 30.2 Å². The van der Waals surface area contributed by atoms with E-state index in [9.17, 15) is 4.79 Å². The molecule has 72 valence electrons. The Morgan fingerprint density at radius 2 is 2.00 bits per heavy atom. The zero-order chi connectivity index (χ0) is 9.54. The summed E-state index contributed by atoms with van der Waals surface area (Å²) in [4.78, 5) is 11.8. The number of rotatable bonds is 0. The molecular weight excluding hydrogens is 172 g/mol. The van der Waals surface area contributed by atoms with Gasteiger partial charge in [-0.2, -0.15) is 0 Å². The van der Waals surface area contributed by atoms with Crippen molar-refractivity contribution in [3.05, 3.63) is 35.4 Å². The molecule has 1 nitrogen and oxygen atoms in total. The molecule has 0 bridgehead atoms. The number of benzene rings is 1. The van der Waals surface area contributed by atoms with E-state index in [1.807, 2.05) is 12.1 Å². The van der Waals surface area contributed by atoms with Gasteiger partial charge in [0.05, 0.1) is 0 Å². The van der Waals surface area contributed by atoms with Crippen LogP contribution in [0.5, 0.6) is 0 Å². The molecule has 0 saturated heterocycles. The Morgan fingerprint density at radius 3 is 2.93 bits per heavy atom. The van der Waals surface area contributed by atoms with Crippen LogP contribution in [0.15, 0.2) is 24.3 Å². The van der Waals surface area contributed by atoms with Gasteiger partial charge in [0.15, 0.2) is 5.78 Å². The van der Waals surface area contributed by atoms with Crippen LogP contribution in [-0.2, 0) is 0 Å². The number of fused-ring (bicyclic) bond motifs is 3. The number of hydrogen-bond acceptors (Lipinski definition) is 1. The molecule has 0 aliphatic heterocycles. The van der Waals surface area contributed by atoms with Crippen LogP contribution >= 0.6 is 0 Å². The molecule has 0 amide bonds. The van der Waals surface area contributed by atoms with Crippen LogP contribution in [-0.4, -0.2) is 5.78 Å². The molecule has 2 aliphatic rings. The summed E-state index contributed by atoms with van der Waals surface area (Å²) in [7, 11) is 0. The van der Waals surface area contributed by atoms with Gasteiger partial charge in [-0.15, -0.1) is 0 Å². The lowest BCUT2D eigenvalue weighted by atomic mass is 9.76. The van der Waals surface area contributed by atoms with E-state index in [1.54, 1.807) is 0 Å². The molecule has 1 fully saturated rings. The van der Waals surface area contributed by atoms with Crippen molar-refractivity contribution in [3.8, 4) is 0 Å². The van der Waals surface area contributed by atoms with Crippen LogP contribution in [0.4, 0.5) is 0 Å². The third-order valence-corrected chi connectivity index (χ3v) is 3.77. The van der Waals surface area contributed by atoms with Crippen LogP contribution in [0.1, 0.15) is 47.5 Å². The Bertz CT molecular complexity index is 381. The van der Waals surface area contributed by atoms with Gasteiger partial charge in [0.1, 0.15) is 0 Å². The molecule has 0 heterocycles. The van der Waals surface area contributed by atoms with E-state index in [4.69, 9.17) is 0 Å². The molecular formula is C13H14O. The highest BCUT2D eigenvalue weighted by Gasteiger charge is 2.36. The van der Waals surface area contributed by atoms with Crippen molar-refractivity contribution in [3.63, 3.8) is 0 Å². The van der Waals surface area contributed by atoms with Crippen molar-refractivity contribution in [2.75, 3.05) is 0 Å².